The molecule has 1 amide bonds. The molecule has 4 rings (SSSR count). The molecule has 0 unspecified atom stereocenters. The van der Waals surface area contributed by atoms with Crippen molar-refractivity contribution in [3.8, 4) is 11.3 Å². The Morgan fingerprint density at radius 3 is 2.66 bits per heavy atom. The van der Waals surface area contributed by atoms with Crippen LogP contribution < -0.4 is 15.5 Å². The van der Waals surface area contributed by atoms with Crippen LogP contribution in [0, 0.1) is 11.6 Å². The van der Waals surface area contributed by atoms with Crippen LogP contribution in [-0.4, -0.2) is 61.0 Å². The third-order valence-electron chi connectivity index (χ3n) is 5.73. The minimum atomic E-state index is -0.665. The highest BCUT2D eigenvalue weighted by atomic mass is 35.5. The van der Waals surface area contributed by atoms with Gasteiger partial charge in [0.2, 0.25) is 0 Å². The van der Waals surface area contributed by atoms with E-state index in [1.165, 1.54) is 0 Å². The van der Waals surface area contributed by atoms with E-state index < -0.39 is 11.6 Å². The number of carbonyl (C=O) groups is 1. The van der Waals surface area contributed by atoms with Gasteiger partial charge >= 0.3 is 0 Å². The Balaban J connectivity index is 1.58. The number of anilines is 2. The van der Waals surface area contributed by atoms with Gasteiger partial charge in [-0.3, -0.25) is 4.79 Å². The van der Waals surface area contributed by atoms with E-state index in [0.29, 0.717) is 42.5 Å². The maximum Gasteiger partial charge on any atom is 0.251 e. The summed E-state index contributed by atoms with van der Waals surface area (Å²) in [5.41, 5.74) is 2.01. The standard InChI is InChI=1S/C25H27ClF2N6O/c1-33(2)13-11-30-25(35)17-6-4-16(5-7-17)21-14-31-23-24(32-21)34(12-3-10-29-23)15-18-19(27)8-9-20(28)22(18)26/h4-9,14H,3,10-13,15H2,1-2H3,(H,29,31)(H,30,35). The molecule has 2 heterocycles. The van der Waals surface area contributed by atoms with Gasteiger partial charge in [0.1, 0.15) is 11.6 Å². The Morgan fingerprint density at radius 2 is 1.91 bits per heavy atom. The fourth-order valence-corrected chi connectivity index (χ4v) is 4.01. The normalized spacial score (nSPS) is 13.3. The van der Waals surface area contributed by atoms with Crippen molar-refractivity contribution in [2.24, 2.45) is 0 Å². The number of hydrogen-bond donors (Lipinski definition) is 2. The third-order valence-corrected chi connectivity index (χ3v) is 6.13. The van der Waals surface area contributed by atoms with E-state index in [4.69, 9.17) is 16.6 Å². The summed E-state index contributed by atoms with van der Waals surface area (Å²) >= 11 is 6.07. The largest absolute Gasteiger partial charge is 0.367 e. The van der Waals surface area contributed by atoms with Crippen molar-refractivity contribution in [2.45, 2.75) is 13.0 Å². The van der Waals surface area contributed by atoms with E-state index in [9.17, 15) is 13.6 Å². The number of amides is 1. The maximum atomic E-state index is 14.5. The minimum absolute atomic E-state index is 0.0568. The predicted molar refractivity (Wildman–Crippen MR) is 134 cm³/mol. The molecule has 0 aliphatic carbocycles. The van der Waals surface area contributed by atoms with E-state index >= 15 is 0 Å². The van der Waals surface area contributed by atoms with Gasteiger partial charge in [0.25, 0.3) is 5.91 Å². The second-order valence-corrected chi connectivity index (χ2v) is 8.97. The van der Waals surface area contributed by atoms with Crippen LogP contribution in [0.2, 0.25) is 5.02 Å². The van der Waals surface area contributed by atoms with Gasteiger partial charge in [0, 0.05) is 49.4 Å². The second-order valence-electron chi connectivity index (χ2n) is 8.59. The molecule has 0 bridgehead atoms. The maximum absolute atomic E-state index is 14.5. The Bertz CT molecular complexity index is 1210. The van der Waals surface area contributed by atoms with E-state index in [-0.39, 0.29) is 23.0 Å². The van der Waals surface area contributed by atoms with E-state index in [1.807, 2.05) is 36.0 Å². The van der Waals surface area contributed by atoms with E-state index in [1.54, 1.807) is 18.3 Å². The average molecular weight is 501 g/mol. The highest BCUT2D eigenvalue weighted by Gasteiger charge is 2.22. The summed E-state index contributed by atoms with van der Waals surface area (Å²) in [7, 11) is 3.89. The molecule has 35 heavy (non-hydrogen) atoms. The first-order valence-corrected chi connectivity index (χ1v) is 11.7. The molecular formula is C25H27ClF2N6O. The molecule has 7 nitrogen and oxygen atoms in total. The second kappa shape index (κ2) is 11.0. The van der Waals surface area contributed by atoms with Crippen molar-refractivity contribution in [1.82, 2.24) is 20.2 Å². The molecule has 0 saturated heterocycles. The molecule has 1 aromatic heterocycles. The van der Waals surface area contributed by atoms with Gasteiger partial charge in [0.05, 0.1) is 16.9 Å². The highest BCUT2D eigenvalue weighted by Crippen LogP contribution is 2.31. The summed E-state index contributed by atoms with van der Waals surface area (Å²) in [6.45, 7) is 2.61. The molecule has 0 atom stereocenters. The fraction of sp³-hybridized carbons (Fsp3) is 0.320. The van der Waals surface area contributed by atoms with Crippen molar-refractivity contribution in [1.29, 1.82) is 0 Å². The lowest BCUT2D eigenvalue weighted by molar-refractivity contribution is 0.0951. The third kappa shape index (κ3) is 5.86. The predicted octanol–water partition coefficient (Wildman–Crippen LogP) is 4.19. The molecule has 0 fully saturated rings. The van der Waals surface area contributed by atoms with Gasteiger partial charge in [-0.1, -0.05) is 23.7 Å². The Morgan fingerprint density at radius 1 is 1.17 bits per heavy atom. The van der Waals surface area contributed by atoms with Crippen LogP contribution in [0.3, 0.4) is 0 Å². The lowest BCUT2D eigenvalue weighted by Crippen LogP contribution is -2.31. The zero-order chi connectivity index (χ0) is 24.9. The van der Waals surface area contributed by atoms with Crippen molar-refractivity contribution in [2.75, 3.05) is 50.5 Å². The van der Waals surface area contributed by atoms with E-state index in [0.717, 1.165) is 30.7 Å². The molecule has 2 aromatic carbocycles. The van der Waals surface area contributed by atoms with Crippen LogP contribution in [0.25, 0.3) is 11.3 Å². The van der Waals surface area contributed by atoms with Gasteiger partial charge in [-0.2, -0.15) is 0 Å². The Kier molecular flexibility index (Phi) is 7.77. The van der Waals surface area contributed by atoms with E-state index in [2.05, 4.69) is 15.6 Å². The van der Waals surface area contributed by atoms with Gasteiger partial charge < -0.3 is 20.4 Å². The topological polar surface area (TPSA) is 73.4 Å². The number of nitrogens with zero attached hydrogens (tertiary/aromatic N) is 4. The number of halogens is 3. The summed E-state index contributed by atoms with van der Waals surface area (Å²) < 4.78 is 28.4. The first kappa shape index (κ1) is 24.8. The van der Waals surface area contributed by atoms with Gasteiger partial charge in [-0.25, -0.2) is 18.7 Å². The molecule has 184 valence electrons. The van der Waals surface area contributed by atoms with Crippen LogP contribution in [0.15, 0.2) is 42.6 Å². The van der Waals surface area contributed by atoms with Gasteiger partial charge in [-0.15, -0.1) is 0 Å². The molecule has 1 aliphatic heterocycles. The summed E-state index contributed by atoms with van der Waals surface area (Å²) in [6.07, 6.45) is 2.41. The lowest BCUT2D eigenvalue weighted by Gasteiger charge is -2.24. The zero-order valence-corrected chi connectivity index (χ0v) is 20.4. The molecular weight excluding hydrogens is 474 g/mol. The van der Waals surface area contributed by atoms with Crippen molar-refractivity contribution < 1.29 is 13.6 Å². The first-order chi connectivity index (χ1) is 16.8. The minimum Gasteiger partial charge on any atom is -0.367 e. The quantitative estimate of drug-likeness (QED) is 0.474. The summed E-state index contributed by atoms with van der Waals surface area (Å²) in [4.78, 5) is 25.5. The zero-order valence-electron chi connectivity index (χ0n) is 19.6. The van der Waals surface area contributed by atoms with Crippen LogP contribution >= 0.6 is 11.6 Å². The van der Waals surface area contributed by atoms with Crippen molar-refractivity contribution >= 4 is 29.1 Å². The number of nitrogens with one attached hydrogen (secondary N) is 2. The molecule has 2 N–H and O–H groups in total. The fourth-order valence-electron chi connectivity index (χ4n) is 3.79. The summed E-state index contributed by atoms with van der Waals surface area (Å²) in [5.74, 6) is -0.280. The number of fused-ring (bicyclic) bond motifs is 1. The first-order valence-electron chi connectivity index (χ1n) is 11.3. The summed E-state index contributed by atoms with van der Waals surface area (Å²) in [6, 6.07) is 9.21. The SMILES string of the molecule is CN(C)CCNC(=O)c1ccc(-c2cnc3c(n2)N(Cc2c(F)ccc(F)c2Cl)CCCN3)cc1. The van der Waals surface area contributed by atoms with Gasteiger partial charge in [0.15, 0.2) is 11.6 Å². The number of rotatable bonds is 7. The number of aromatic nitrogens is 2. The molecule has 1 aliphatic rings. The number of hydrogen-bond acceptors (Lipinski definition) is 6. The highest BCUT2D eigenvalue weighted by molar-refractivity contribution is 6.31. The number of carbonyl (C=O) groups excluding carboxylic acids is 1. The molecule has 0 radical (unpaired) electrons. The van der Waals surface area contributed by atoms with Crippen LogP contribution in [-0.2, 0) is 6.54 Å². The lowest BCUT2D eigenvalue weighted by atomic mass is 10.1. The number of benzene rings is 2. The molecule has 10 heteroatoms. The summed E-state index contributed by atoms with van der Waals surface area (Å²) in [5, 5.41) is 5.90. The average Bonchev–Trinajstić information content (AvgIpc) is 3.05. The molecule has 0 saturated carbocycles. The van der Waals surface area contributed by atoms with Crippen LogP contribution in [0.5, 0.6) is 0 Å². The molecule has 0 spiro atoms. The Labute approximate surface area is 208 Å². The number of likely N-dealkylation sites (N-methyl/N-ethyl adjacent to an activating group) is 1. The van der Waals surface area contributed by atoms with Crippen LogP contribution in [0.1, 0.15) is 22.3 Å². The monoisotopic (exact) mass is 500 g/mol. The van der Waals surface area contributed by atoms with Crippen molar-refractivity contribution in [3.63, 3.8) is 0 Å². The van der Waals surface area contributed by atoms with Crippen molar-refractivity contribution in [3.05, 3.63) is 70.4 Å². The van der Waals surface area contributed by atoms with Crippen LogP contribution in [0.4, 0.5) is 20.4 Å². The van der Waals surface area contributed by atoms with Gasteiger partial charge in [-0.05, 0) is 44.8 Å². The smallest absolute Gasteiger partial charge is 0.251 e. The Hall–Kier alpha value is -3.30. The molecule has 3 aromatic rings.